The second-order valence-corrected chi connectivity index (χ2v) is 18.9. The lowest BCUT2D eigenvalue weighted by Crippen LogP contribution is -2.63. The summed E-state index contributed by atoms with van der Waals surface area (Å²) in [6, 6.07) is -0.684. The minimum atomic E-state index is -1.23. The molecular weight excluding hydrogens is 789 g/mol. The van der Waals surface area contributed by atoms with Gasteiger partial charge in [0.15, 0.2) is 18.4 Å². The molecule has 61 heavy (non-hydrogen) atoms. The third-order valence-corrected chi connectivity index (χ3v) is 13.5. The van der Waals surface area contributed by atoms with Crippen molar-refractivity contribution in [3.05, 3.63) is 23.8 Å². The molecular formula is C46H80N2O13. The lowest BCUT2D eigenvalue weighted by atomic mass is 9.79. The van der Waals surface area contributed by atoms with E-state index in [0.717, 1.165) is 25.2 Å². The molecule has 4 aliphatic rings. The number of ketones is 1. The van der Waals surface area contributed by atoms with E-state index in [-0.39, 0.29) is 24.7 Å². The van der Waals surface area contributed by atoms with Crippen molar-refractivity contribution in [3.8, 4) is 0 Å². The van der Waals surface area contributed by atoms with Gasteiger partial charge >= 0.3 is 5.97 Å². The SMILES string of the molecule is CC[C@@H]1OC(=O)C[C@H](O)[C@H](C)[C@H](O[C@@H]2O[C@H](C)[C@H](O)[C@H](N(C)C)[C@@H]2O)[C@H](CCN2C[C@H](C)C[C@H](C)C2)C[C@H](C)C(=O)C=CC(C)=C[C@@H]1CO[C@@H]1O[C@H](C)[C@H](O)[C@@H](OC)[C@H]1OC. The molecule has 4 N–H and O–H groups in total. The lowest BCUT2D eigenvalue weighted by molar-refractivity contribution is -0.304. The van der Waals surface area contributed by atoms with Crippen molar-refractivity contribution in [3.63, 3.8) is 0 Å². The molecule has 3 fully saturated rings. The summed E-state index contributed by atoms with van der Waals surface area (Å²) in [5.41, 5.74) is 0.761. The smallest absolute Gasteiger partial charge is 0.308 e. The van der Waals surface area contributed by atoms with E-state index >= 15 is 0 Å². The van der Waals surface area contributed by atoms with E-state index in [1.165, 1.54) is 20.6 Å². The predicted octanol–water partition coefficient (Wildman–Crippen LogP) is 3.34. The van der Waals surface area contributed by atoms with Gasteiger partial charge in [0.05, 0.1) is 49.6 Å². The number of hydrogen-bond acceptors (Lipinski definition) is 15. The summed E-state index contributed by atoms with van der Waals surface area (Å²) >= 11 is 0. The summed E-state index contributed by atoms with van der Waals surface area (Å²) in [7, 11) is 6.54. The fourth-order valence-electron chi connectivity index (χ4n) is 10.0. The number of carbonyl (C=O) groups is 2. The molecule has 4 heterocycles. The number of nitrogens with zero attached hydrogens (tertiary/aromatic N) is 2. The molecule has 0 saturated carbocycles. The minimum Gasteiger partial charge on any atom is -0.462 e. The van der Waals surface area contributed by atoms with E-state index in [4.69, 9.17) is 33.2 Å². The lowest BCUT2D eigenvalue weighted by Gasteiger charge is -2.47. The average molecular weight is 869 g/mol. The van der Waals surface area contributed by atoms with Gasteiger partial charge in [-0.2, -0.15) is 0 Å². The van der Waals surface area contributed by atoms with Crippen molar-refractivity contribution >= 4 is 11.8 Å². The number of hydrogen-bond donors (Lipinski definition) is 4. The van der Waals surface area contributed by atoms with Crippen LogP contribution in [-0.2, 0) is 42.7 Å². The zero-order valence-corrected chi connectivity index (χ0v) is 38.9. The van der Waals surface area contributed by atoms with E-state index in [1.807, 2.05) is 33.8 Å². The van der Waals surface area contributed by atoms with Gasteiger partial charge < -0.3 is 63.4 Å². The molecule has 352 valence electrons. The van der Waals surface area contributed by atoms with Crippen LogP contribution in [-0.4, -0.2) is 176 Å². The minimum absolute atomic E-state index is 0.0427. The first kappa shape index (κ1) is 51.8. The van der Waals surface area contributed by atoms with Gasteiger partial charge in [-0.3, -0.25) is 9.59 Å². The number of esters is 1. The van der Waals surface area contributed by atoms with Crippen LogP contribution in [0.3, 0.4) is 0 Å². The summed E-state index contributed by atoms with van der Waals surface area (Å²) in [5, 5.41) is 45.3. The van der Waals surface area contributed by atoms with E-state index in [1.54, 1.807) is 45.0 Å². The van der Waals surface area contributed by atoms with Gasteiger partial charge in [0, 0.05) is 45.1 Å². The highest BCUT2D eigenvalue weighted by molar-refractivity contribution is 5.91. The van der Waals surface area contributed by atoms with E-state index in [0.29, 0.717) is 31.1 Å². The summed E-state index contributed by atoms with van der Waals surface area (Å²) in [5.74, 6) is -1.46. The van der Waals surface area contributed by atoms with Gasteiger partial charge in [-0.25, -0.2) is 0 Å². The van der Waals surface area contributed by atoms with Crippen LogP contribution < -0.4 is 0 Å². The molecule has 0 amide bonds. The van der Waals surface area contributed by atoms with Crippen LogP contribution >= 0.6 is 0 Å². The first-order chi connectivity index (χ1) is 28.8. The van der Waals surface area contributed by atoms with Crippen LogP contribution in [0.2, 0.25) is 0 Å². The summed E-state index contributed by atoms with van der Waals surface area (Å²) < 4.78 is 42.6. The van der Waals surface area contributed by atoms with Crippen LogP contribution in [0.5, 0.6) is 0 Å². The summed E-state index contributed by atoms with van der Waals surface area (Å²) in [4.78, 5) is 32.1. The molecule has 0 spiro atoms. The maximum Gasteiger partial charge on any atom is 0.308 e. The Balaban J connectivity index is 1.68. The molecule has 4 aliphatic heterocycles. The van der Waals surface area contributed by atoms with Crippen LogP contribution in [0, 0.1) is 35.5 Å². The fourth-order valence-corrected chi connectivity index (χ4v) is 10.0. The number of ether oxygens (including phenoxy) is 7. The number of likely N-dealkylation sites (N-methyl/N-ethyl adjacent to an activating group) is 1. The zero-order valence-electron chi connectivity index (χ0n) is 38.9. The highest BCUT2D eigenvalue weighted by atomic mass is 16.7. The van der Waals surface area contributed by atoms with Crippen molar-refractivity contribution in [2.24, 2.45) is 35.5 Å². The van der Waals surface area contributed by atoms with Gasteiger partial charge in [-0.05, 0) is 90.9 Å². The first-order valence-electron chi connectivity index (χ1n) is 22.6. The topological polar surface area (TPSA) is 186 Å². The molecule has 3 saturated heterocycles. The van der Waals surface area contributed by atoms with Crippen LogP contribution in [0.1, 0.15) is 87.5 Å². The highest BCUT2D eigenvalue weighted by Crippen LogP contribution is 2.36. The van der Waals surface area contributed by atoms with E-state index in [9.17, 15) is 30.0 Å². The molecule has 15 heteroatoms. The Labute approximate surface area is 365 Å². The van der Waals surface area contributed by atoms with Crippen molar-refractivity contribution in [1.29, 1.82) is 0 Å². The monoisotopic (exact) mass is 869 g/mol. The van der Waals surface area contributed by atoms with E-state index in [2.05, 4.69) is 18.7 Å². The van der Waals surface area contributed by atoms with Crippen molar-refractivity contribution < 1.29 is 63.2 Å². The van der Waals surface area contributed by atoms with Crippen LogP contribution in [0.15, 0.2) is 23.8 Å². The van der Waals surface area contributed by atoms with Crippen molar-refractivity contribution in [2.75, 3.05) is 54.6 Å². The number of cyclic esters (lactones) is 1. The molecule has 4 rings (SSSR count). The first-order valence-corrected chi connectivity index (χ1v) is 22.6. The highest BCUT2D eigenvalue weighted by Gasteiger charge is 2.48. The number of likely N-dealkylation sites (tertiary alicyclic amines) is 1. The van der Waals surface area contributed by atoms with Gasteiger partial charge in [0.2, 0.25) is 0 Å². The molecule has 0 aromatic heterocycles. The number of carbonyl (C=O) groups excluding carboxylic acids is 2. The van der Waals surface area contributed by atoms with Gasteiger partial charge in [0.1, 0.15) is 30.5 Å². The third-order valence-electron chi connectivity index (χ3n) is 13.5. The molecule has 0 unspecified atom stereocenters. The molecule has 15 nitrogen and oxygen atoms in total. The van der Waals surface area contributed by atoms with Gasteiger partial charge in [-0.1, -0.05) is 52.3 Å². The fraction of sp³-hybridized carbons (Fsp3) is 0.870. The maximum absolute atomic E-state index is 14.0. The largest absolute Gasteiger partial charge is 0.462 e. The number of aliphatic hydroxyl groups is 4. The number of rotatable bonds is 12. The zero-order chi connectivity index (χ0) is 45.3. The number of piperidine rings is 1. The molecule has 0 bridgehead atoms. The standard InChI is InChI=1S/C46H80N2O13/c1-13-36-33(24-57-46-44(56-12)43(55-11)40(53)31(8)59-46)19-25(2)14-15-34(49)28(5)20-32(16-17-48-22-26(3)18-27(4)23-48)42(29(6)35(50)21-37(51)60-36)61-45-41(54)38(47(9)10)39(52)30(7)58-45/h14-15,19,26-33,35-36,38-46,50,52-54H,13,16-18,20-24H2,1-12H3/t26-,27+,28-,29-,30+,31+,32+,33+,35-,36-,38-,39-,40-,41-,42-,43+,44+,45-,46+/m0/s1. The van der Waals surface area contributed by atoms with Crippen molar-refractivity contribution in [2.45, 2.75) is 167 Å². The second kappa shape index (κ2) is 23.9. The Morgan fingerprint density at radius 3 is 2.05 bits per heavy atom. The number of aliphatic hydroxyl groups excluding tert-OH is 4. The quantitative estimate of drug-likeness (QED) is 0.209. The number of allylic oxidation sites excluding steroid dienone is 3. The number of methoxy groups -OCH3 is 2. The normalized spacial score (nSPS) is 43.0. The second-order valence-electron chi connectivity index (χ2n) is 18.9. The van der Waals surface area contributed by atoms with E-state index < -0.39 is 103 Å². The van der Waals surface area contributed by atoms with Crippen molar-refractivity contribution in [1.82, 2.24) is 9.80 Å². The Kier molecular flexibility index (Phi) is 20.3. The molecule has 0 aliphatic carbocycles. The third kappa shape index (κ3) is 13.8. The Morgan fingerprint density at radius 2 is 1.44 bits per heavy atom. The van der Waals surface area contributed by atoms with Gasteiger partial charge in [0.25, 0.3) is 0 Å². The summed E-state index contributed by atoms with van der Waals surface area (Å²) in [6.07, 6.45) is -2.96. The molecule has 0 aromatic rings. The molecule has 19 atom stereocenters. The average Bonchev–Trinajstić information content (AvgIpc) is 3.19. The van der Waals surface area contributed by atoms with Crippen LogP contribution in [0.4, 0.5) is 0 Å². The Hall–Kier alpha value is -1.86. The Morgan fingerprint density at radius 1 is 0.820 bits per heavy atom. The molecule has 0 aromatic carbocycles. The van der Waals surface area contributed by atoms with Gasteiger partial charge in [-0.15, -0.1) is 0 Å². The summed E-state index contributed by atoms with van der Waals surface area (Å²) in [6.45, 7) is 18.2. The van der Waals surface area contributed by atoms with Crippen LogP contribution in [0.25, 0.3) is 0 Å². The Bertz CT molecular complexity index is 1420. The maximum atomic E-state index is 14.0. The molecule has 0 radical (unpaired) electrons. The predicted molar refractivity (Wildman–Crippen MR) is 229 cm³/mol.